The average molecular weight is 360 g/mol. The molecule has 7 heteroatoms. The van der Waals surface area contributed by atoms with E-state index in [0.29, 0.717) is 13.2 Å². The van der Waals surface area contributed by atoms with Gasteiger partial charge in [-0.3, -0.25) is 4.98 Å². The van der Waals surface area contributed by atoms with Crippen LogP contribution in [0.15, 0.2) is 42.7 Å². The molecule has 1 N–H and O–H groups in total. The van der Waals surface area contributed by atoms with Gasteiger partial charge in [-0.15, -0.1) is 0 Å². The normalized spacial score (nSPS) is 20.1. The third kappa shape index (κ3) is 3.84. The standard InChI is InChI=1S/C18H24N4O2S/c1-23-12-10-21-9-5-7-15(21)17-16(14-6-3-4-8-19-14)20-18(25)22(17)11-13-24-2/h3-9,16-17H,10-13H2,1-2H3,(H,20,25). The van der Waals surface area contributed by atoms with E-state index in [1.54, 1.807) is 14.2 Å². The number of rotatable bonds is 8. The third-order valence-corrected chi connectivity index (χ3v) is 4.79. The van der Waals surface area contributed by atoms with Crippen LogP contribution in [0.2, 0.25) is 0 Å². The fourth-order valence-corrected chi connectivity index (χ4v) is 3.58. The second-order valence-electron chi connectivity index (χ2n) is 5.93. The van der Waals surface area contributed by atoms with Gasteiger partial charge in [0.1, 0.15) is 0 Å². The summed E-state index contributed by atoms with van der Waals surface area (Å²) >= 11 is 5.61. The van der Waals surface area contributed by atoms with E-state index < -0.39 is 0 Å². The highest BCUT2D eigenvalue weighted by atomic mass is 32.1. The molecule has 0 spiro atoms. The first-order valence-electron chi connectivity index (χ1n) is 8.37. The Morgan fingerprint density at radius 2 is 1.92 bits per heavy atom. The summed E-state index contributed by atoms with van der Waals surface area (Å²) in [6.07, 6.45) is 3.90. The molecule has 2 unspecified atom stereocenters. The fraction of sp³-hybridized carbons (Fsp3) is 0.444. The van der Waals surface area contributed by atoms with Gasteiger partial charge in [0.25, 0.3) is 0 Å². The molecule has 3 heterocycles. The summed E-state index contributed by atoms with van der Waals surface area (Å²) in [5, 5.41) is 4.18. The van der Waals surface area contributed by atoms with Crippen molar-refractivity contribution >= 4 is 17.3 Å². The number of thiocarbonyl (C=S) groups is 1. The Bertz CT molecular complexity index is 691. The maximum atomic E-state index is 5.61. The zero-order valence-corrected chi connectivity index (χ0v) is 15.4. The van der Waals surface area contributed by atoms with Crippen LogP contribution in [0.3, 0.4) is 0 Å². The van der Waals surface area contributed by atoms with Crippen LogP contribution in [-0.4, -0.2) is 53.5 Å². The highest BCUT2D eigenvalue weighted by Gasteiger charge is 2.40. The smallest absolute Gasteiger partial charge is 0.170 e. The molecule has 0 radical (unpaired) electrons. The predicted octanol–water partition coefficient (Wildman–Crippen LogP) is 2.15. The summed E-state index contributed by atoms with van der Waals surface area (Å²) in [6.45, 7) is 2.81. The molecule has 1 aliphatic rings. The van der Waals surface area contributed by atoms with E-state index in [9.17, 15) is 0 Å². The van der Waals surface area contributed by atoms with Crippen molar-refractivity contribution in [1.29, 1.82) is 0 Å². The monoisotopic (exact) mass is 360 g/mol. The van der Waals surface area contributed by atoms with Gasteiger partial charge >= 0.3 is 0 Å². The first-order valence-corrected chi connectivity index (χ1v) is 8.78. The minimum atomic E-state index is 0.00162. The number of nitrogens with one attached hydrogen (secondary N) is 1. The van der Waals surface area contributed by atoms with E-state index >= 15 is 0 Å². The summed E-state index contributed by atoms with van der Waals surface area (Å²) in [4.78, 5) is 6.74. The minimum absolute atomic E-state index is 0.00162. The topological polar surface area (TPSA) is 51.5 Å². The van der Waals surface area contributed by atoms with Gasteiger partial charge in [0.05, 0.1) is 31.0 Å². The molecule has 1 fully saturated rings. The van der Waals surface area contributed by atoms with Gasteiger partial charge in [0.2, 0.25) is 0 Å². The largest absolute Gasteiger partial charge is 0.383 e. The molecule has 3 rings (SSSR count). The molecule has 0 aromatic carbocycles. The Labute approximate surface area is 153 Å². The molecule has 1 saturated heterocycles. The van der Waals surface area contributed by atoms with Crippen LogP contribution in [0.1, 0.15) is 23.5 Å². The number of methoxy groups -OCH3 is 2. The SMILES string of the molecule is COCCN1C(=S)NC(c2ccccn2)C1c1cccn1CCOC. The zero-order chi connectivity index (χ0) is 17.6. The van der Waals surface area contributed by atoms with Gasteiger partial charge in [0.15, 0.2) is 5.11 Å². The first-order chi connectivity index (χ1) is 12.3. The van der Waals surface area contributed by atoms with E-state index in [2.05, 4.69) is 38.1 Å². The molecule has 0 amide bonds. The van der Waals surface area contributed by atoms with Crippen molar-refractivity contribution < 1.29 is 9.47 Å². The van der Waals surface area contributed by atoms with Crippen LogP contribution in [0, 0.1) is 0 Å². The molecule has 25 heavy (non-hydrogen) atoms. The Morgan fingerprint density at radius 1 is 1.12 bits per heavy atom. The Balaban J connectivity index is 1.96. The van der Waals surface area contributed by atoms with Crippen molar-refractivity contribution in [2.24, 2.45) is 0 Å². The van der Waals surface area contributed by atoms with Crippen molar-refractivity contribution in [2.45, 2.75) is 18.6 Å². The lowest BCUT2D eigenvalue weighted by molar-refractivity contribution is 0.159. The molecule has 0 saturated carbocycles. The molecule has 134 valence electrons. The molecular formula is C18H24N4O2S. The number of nitrogens with zero attached hydrogens (tertiary/aromatic N) is 3. The van der Waals surface area contributed by atoms with Crippen molar-refractivity contribution in [1.82, 2.24) is 19.8 Å². The highest BCUT2D eigenvalue weighted by Crippen LogP contribution is 2.38. The molecule has 6 nitrogen and oxygen atoms in total. The minimum Gasteiger partial charge on any atom is -0.383 e. The van der Waals surface area contributed by atoms with Gasteiger partial charge in [-0.05, 0) is 36.5 Å². The van der Waals surface area contributed by atoms with Crippen LogP contribution in [0.5, 0.6) is 0 Å². The van der Waals surface area contributed by atoms with Crippen LogP contribution < -0.4 is 5.32 Å². The van der Waals surface area contributed by atoms with Gasteiger partial charge in [-0.1, -0.05) is 6.07 Å². The third-order valence-electron chi connectivity index (χ3n) is 4.44. The van der Waals surface area contributed by atoms with Crippen LogP contribution in [0.4, 0.5) is 0 Å². The summed E-state index contributed by atoms with van der Waals surface area (Å²) in [5.74, 6) is 0. The lowest BCUT2D eigenvalue weighted by atomic mass is 10.0. The Morgan fingerprint density at radius 3 is 2.64 bits per heavy atom. The van der Waals surface area contributed by atoms with Crippen molar-refractivity contribution in [3.63, 3.8) is 0 Å². The first kappa shape index (κ1) is 17.8. The summed E-state index contributed by atoms with van der Waals surface area (Å²) in [5.41, 5.74) is 2.17. The maximum absolute atomic E-state index is 5.61. The number of hydrogen-bond acceptors (Lipinski definition) is 4. The average Bonchev–Trinajstić information content (AvgIpc) is 3.22. The molecule has 0 aliphatic carbocycles. The number of ether oxygens (including phenoxy) is 2. The second kappa shape index (κ2) is 8.42. The molecule has 0 bridgehead atoms. The summed E-state index contributed by atoms with van der Waals surface area (Å²) < 4.78 is 12.8. The summed E-state index contributed by atoms with van der Waals surface area (Å²) in [6, 6.07) is 10.2. The van der Waals surface area contributed by atoms with Crippen molar-refractivity contribution in [3.05, 3.63) is 54.1 Å². The van der Waals surface area contributed by atoms with Crippen molar-refractivity contribution in [3.8, 4) is 0 Å². The van der Waals surface area contributed by atoms with Gasteiger partial charge in [0, 0.05) is 45.4 Å². The van der Waals surface area contributed by atoms with Gasteiger partial charge in [-0.25, -0.2) is 0 Å². The van der Waals surface area contributed by atoms with Crippen LogP contribution >= 0.6 is 12.2 Å². The maximum Gasteiger partial charge on any atom is 0.170 e. The zero-order valence-electron chi connectivity index (χ0n) is 14.6. The Hall–Kier alpha value is -1.96. The quantitative estimate of drug-likeness (QED) is 0.728. The molecule has 2 atom stereocenters. The number of pyridine rings is 1. The van der Waals surface area contributed by atoms with Crippen LogP contribution in [0.25, 0.3) is 0 Å². The molecule has 2 aromatic rings. The number of aromatic nitrogens is 2. The van der Waals surface area contributed by atoms with E-state index in [1.807, 2.05) is 24.4 Å². The fourth-order valence-electron chi connectivity index (χ4n) is 3.25. The Kier molecular flexibility index (Phi) is 6.01. The van der Waals surface area contributed by atoms with E-state index in [-0.39, 0.29) is 12.1 Å². The summed E-state index contributed by atoms with van der Waals surface area (Å²) in [7, 11) is 3.43. The second-order valence-corrected chi connectivity index (χ2v) is 6.32. The van der Waals surface area contributed by atoms with Crippen molar-refractivity contribution in [2.75, 3.05) is 34.0 Å². The predicted molar refractivity (Wildman–Crippen MR) is 100 cm³/mol. The highest BCUT2D eigenvalue weighted by molar-refractivity contribution is 7.80. The van der Waals surface area contributed by atoms with Crippen LogP contribution in [-0.2, 0) is 16.0 Å². The molecule has 1 aliphatic heterocycles. The van der Waals surface area contributed by atoms with Gasteiger partial charge in [-0.2, -0.15) is 0 Å². The van der Waals surface area contributed by atoms with E-state index in [1.165, 1.54) is 5.69 Å². The molecular weight excluding hydrogens is 336 g/mol. The van der Waals surface area contributed by atoms with E-state index in [0.717, 1.165) is 23.9 Å². The lowest BCUT2D eigenvalue weighted by Crippen LogP contribution is -2.33. The molecule has 2 aromatic heterocycles. The lowest BCUT2D eigenvalue weighted by Gasteiger charge is -2.28. The van der Waals surface area contributed by atoms with E-state index in [4.69, 9.17) is 21.7 Å². The number of hydrogen-bond donors (Lipinski definition) is 1. The van der Waals surface area contributed by atoms with Gasteiger partial charge < -0.3 is 24.3 Å².